The Balaban J connectivity index is 1.68. The maximum absolute atomic E-state index is 6.29. The molecule has 0 aromatic carbocycles. The van der Waals surface area contributed by atoms with E-state index in [1.165, 1.54) is 57.8 Å². The molecule has 1 heterocycles. The van der Waals surface area contributed by atoms with Crippen molar-refractivity contribution < 1.29 is 4.74 Å². The van der Waals surface area contributed by atoms with E-state index in [0.717, 1.165) is 11.8 Å². The lowest BCUT2D eigenvalue weighted by Crippen LogP contribution is -2.43. The molecule has 0 aromatic rings. The summed E-state index contributed by atoms with van der Waals surface area (Å²) in [6.07, 6.45) is 14.2. The van der Waals surface area contributed by atoms with E-state index in [-0.39, 0.29) is 0 Å². The van der Waals surface area contributed by atoms with Crippen LogP contribution in [0.25, 0.3) is 0 Å². The van der Waals surface area contributed by atoms with Gasteiger partial charge in [-0.15, -0.1) is 0 Å². The monoisotopic (exact) mass is 194 g/mol. The number of hydrogen-bond acceptors (Lipinski definition) is 1. The Hall–Kier alpha value is -0.0400. The second-order valence-electron chi connectivity index (χ2n) is 5.54. The zero-order valence-corrected chi connectivity index (χ0v) is 9.08. The first kappa shape index (κ1) is 9.21. The van der Waals surface area contributed by atoms with Gasteiger partial charge in [0.05, 0.1) is 12.2 Å². The first-order valence-corrected chi connectivity index (χ1v) is 6.59. The first-order valence-electron chi connectivity index (χ1n) is 6.59. The maximum atomic E-state index is 6.29. The van der Waals surface area contributed by atoms with Crippen molar-refractivity contribution in [2.24, 2.45) is 11.8 Å². The first-order chi connectivity index (χ1) is 6.93. The molecule has 0 amide bonds. The molecule has 0 aromatic heterocycles. The van der Waals surface area contributed by atoms with E-state index >= 15 is 0 Å². The number of ether oxygens (including phenoxy) is 1. The Bertz CT molecular complexity index is 159. The molecule has 0 N–H and O–H groups in total. The summed E-state index contributed by atoms with van der Waals surface area (Å²) in [5.41, 5.74) is 0. The van der Waals surface area contributed by atoms with Crippen LogP contribution in [0.3, 0.4) is 0 Å². The summed E-state index contributed by atoms with van der Waals surface area (Å²) in [7, 11) is 0. The third kappa shape index (κ3) is 1.60. The van der Waals surface area contributed by atoms with Crippen LogP contribution in [0.4, 0.5) is 0 Å². The van der Waals surface area contributed by atoms with Crippen LogP contribution in [-0.4, -0.2) is 12.2 Å². The summed E-state index contributed by atoms with van der Waals surface area (Å²) in [5.74, 6) is 1.87. The molecule has 0 radical (unpaired) electrons. The van der Waals surface area contributed by atoms with Gasteiger partial charge in [0.15, 0.2) is 0 Å². The topological polar surface area (TPSA) is 9.23 Å². The van der Waals surface area contributed by atoms with Crippen LogP contribution in [0.2, 0.25) is 0 Å². The van der Waals surface area contributed by atoms with Crippen molar-refractivity contribution in [3.05, 3.63) is 0 Å². The van der Waals surface area contributed by atoms with Gasteiger partial charge >= 0.3 is 0 Å². The molecule has 1 nitrogen and oxygen atoms in total. The van der Waals surface area contributed by atoms with Crippen LogP contribution in [0.15, 0.2) is 0 Å². The molecule has 80 valence electrons. The molecule has 1 aliphatic heterocycles. The third-order valence-corrected chi connectivity index (χ3v) is 4.63. The molecular weight excluding hydrogens is 172 g/mol. The quantitative estimate of drug-likeness (QED) is 0.573. The average molecular weight is 194 g/mol. The fraction of sp³-hybridized carbons (Fsp3) is 1.00. The van der Waals surface area contributed by atoms with Crippen molar-refractivity contribution in [2.45, 2.75) is 70.0 Å². The summed E-state index contributed by atoms with van der Waals surface area (Å²) < 4.78 is 6.29. The van der Waals surface area contributed by atoms with E-state index in [0.29, 0.717) is 12.2 Å². The van der Waals surface area contributed by atoms with Crippen molar-refractivity contribution in [3.63, 3.8) is 0 Å². The molecule has 0 bridgehead atoms. The highest BCUT2D eigenvalue weighted by Crippen LogP contribution is 2.43. The van der Waals surface area contributed by atoms with Crippen LogP contribution in [0, 0.1) is 11.8 Å². The van der Waals surface area contributed by atoms with Gasteiger partial charge in [-0.2, -0.15) is 0 Å². The Labute approximate surface area is 87.2 Å². The van der Waals surface area contributed by atoms with Gasteiger partial charge in [0.25, 0.3) is 0 Å². The molecule has 3 fully saturated rings. The van der Waals surface area contributed by atoms with Crippen molar-refractivity contribution in [3.8, 4) is 0 Å². The van der Waals surface area contributed by atoms with Gasteiger partial charge in [-0.25, -0.2) is 0 Å². The molecule has 4 atom stereocenters. The maximum Gasteiger partial charge on any atom is 0.0607 e. The Morgan fingerprint density at radius 1 is 0.643 bits per heavy atom. The number of hydrogen-bond donors (Lipinski definition) is 0. The Kier molecular flexibility index (Phi) is 2.53. The summed E-state index contributed by atoms with van der Waals surface area (Å²) >= 11 is 0. The van der Waals surface area contributed by atoms with Gasteiger partial charge in [-0.3, -0.25) is 0 Å². The SMILES string of the molecule is C1CC[C@@H]2O[C@@H]3CCCC[C@@H]3C[C@H]2C1. The van der Waals surface area contributed by atoms with Crippen LogP contribution < -0.4 is 0 Å². The fourth-order valence-corrected chi connectivity index (χ4v) is 3.86. The molecule has 0 unspecified atom stereocenters. The van der Waals surface area contributed by atoms with Gasteiger partial charge in [0.1, 0.15) is 0 Å². The highest BCUT2D eigenvalue weighted by atomic mass is 16.5. The molecule has 1 saturated heterocycles. The molecule has 2 aliphatic carbocycles. The Morgan fingerprint density at radius 2 is 1.14 bits per heavy atom. The predicted molar refractivity (Wildman–Crippen MR) is 57.2 cm³/mol. The molecule has 14 heavy (non-hydrogen) atoms. The van der Waals surface area contributed by atoms with Crippen molar-refractivity contribution in [1.82, 2.24) is 0 Å². The molecule has 1 heteroatoms. The van der Waals surface area contributed by atoms with E-state index in [1.54, 1.807) is 0 Å². The fourth-order valence-electron chi connectivity index (χ4n) is 3.86. The highest BCUT2D eigenvalue weighted by molar-refractivity contribution is 4.88. The highest BCUT2D eigenvalue weighted by Gasteiger charge is 2.39. The third-order valence-electron chi connectivity index (χ3n) is 4.63. The van der Waals surface area contributed by atoms with Crippen molar-refractivity contribution in [2.75, 3.05) is 0 Å². The minimum absolute atomic E-state index is 0.656. The summed E-state index contributed by atoms with van der Waals surface area (Å²) in [4.78, 5) is 0. The van der Waals surface area contributed by atoms with Gasteiger partial charge in [0.2, 0.25) is 0 Å². The predicted octanol–water partition coefficient (Wildman–Crippen LogP) is 3.52. The summed E-state index contributed by atoms with van der Waals surface area (Å²) in [6, 6.07) is 0. The minimum Gasteiger partial charge on any atom is -0.374 e. The van der Waals surface area contributed by atoms with Crippen molar-refractivity contribution >= 4 is 0 Å². The molecule has 0 spiro atoms. The normalized spacial score (nSPS) is 48.0. The lowest BCUT2D eigenvalue weighted by molar-refractivity contribution is -0.140. The van der Waals surface area contributed by atoms with E-state index in [1.807, 2.05) is 0 Å². The zero-order valence-electron chi connectivity index (χ0n) is 9.08. The zero-order chi connectivity index (χ0) is 9.38. The number of fused-ring (bicyclic) bond motifs is 2. The molecule has 2 saturated carbocycles. The van der Waals surface area contributed by atoms with Gasteiger partial charge < -0.3 is 4.74 Å². The van der Waals surface area contributed by atoms with Crippen LogP contribution in [0.1, 0.15) is 57.8 Å². The van der Waals surface area contributed by atoms with E-state index in [2.05, 4.69) is 0 Å². The second kappa shape index (κ2) is 3.84. The van der Waals surface area contributed by atoms with Crippen LogP contribution in [-0.2, 0) is 4.74 Å². The van der Waals surface area contributed by atoms with Gasteiger partial charge in [-0.05, 0) is 43.9 Å². The van der Waals surface area contributed by atoms with Crippen LogP contribution in [0.5, 0.6) is 0 Å². The lowest BCUT2D eigenvalue weighted by Gasteiger charge is -2.46. The number of rotatable bonds is 0. The molecule has 3 aliphatic rings. The van der Waals surface area contributed by atoms with Crippen LogP contribution >= 0.6 is 0 Å². The average Bonchev–Trinajstić information content (AvgIpc) is 2.26. The van der Waals surface area contributed by atoms with Gasteiger partial charge in [0, 0.05) is 0 Å². The smallest absolute Gasteiger partial charge is 0.0607 e. The van der Waals surface area contributed by atoms with E-state index in [4.69, 9.17) is 4.74 Å². The lowest BCUT2D eigenvalue weighted by atomic mass is 9.72. The largest absolute Gasteiger partial charge is 0.374 e. The summed E-state index contributed by atoms with van der Waals surface area (Å²) in [6.45, 7) is 0. The Morgan fingerprint density at radius 3 is 1.71 bits per heavy atom. The molecule has 3 rings (SSSR count). The standard InChI is InChI=1S/C13H22O/c1-3-7-12-10(5-1)9-11-6-2-4-8-13(11)14-12/h10-13H,1-9H2/t10-,11-,12-,13+/m1/s1. The van der Waals surface area contributed by atoms with E-state index in [9.17, 15) is 0 Å². The second-order valence-corrected chi connectivity index (χ2v) is 5.54. The minimum atomic E-state index is 0.656. The van der Waals surface area contributed by atoms with Gasteiger partial charge in [-0.1, -0.05) is 25.7 Å². The molecular formula is C13H22O. The summed E-state index contributed by atoms with van der Waals surface area (Å²) in [5, 5.41) is 0. The van der Waals surface area contributed by atoms with E-state index < -0.39 is 0 Å². The van der Waals surface area contributed by atoms with Crippen molar-refractivity contribution in [1.29, 1.82) is 0 Å².